The van der Waals surface area contributed by atoms with Crippen molar-refractivity contribution in [2.45, 2.75) is 51.0 Å². The molecule has 0 radical (unpaired) electrons. The standard InChI is InChI=1S/C19H25NOS/c1-2-5-15(19-8-4-11-22-19)13-20-16-9-10-17-14(12-16)6-3-7-18(17)21/h3-4,6-8,11,15-16,20-21H,2,5,9-10,12-13H2,1H3. The normalized spacial score (nSPS) is 18.9. The summed E-state index contributed by atoms with van der Waals surface area (Å²) in [6, 6.07) is 10.9. The lowest BCUT2D eigenvalue weighted by Crippen LogP contribution is -2.37. The summed E-state index contributed by atoms with van der Waals surface area (Å²) in [5.41, 5.74) is 2.47. The highest BCUT2D eigenvalue weighted by atomic mass is 32.1. The molecule has 118 valence electrons. The van der Waals surface area contributed by atoms with Gasteiger partial charge in [-0.1, -0.05) is 31.5 Å². The van der Waals surface area contributed by atoms with Gasteiger partial charge >= 0.3 is 0 Å². The van der Waals surface area contributed by atoms with Crippen molar-refractivity contribution < 1.29 is 5.11 Å². The first-order chi connectivity index (χ1) is 10.8. The highest BCUT2D eigenvalue weighted by molar-refractivity contribution is 7.10. The summed E-state index contributed by atoms with van der Waals surface area (Å²) >= 11 is 1.88. The van der Waals surface area contributed by atoms with Gasteiger partial charge in [0, 0.05) is 23.4 Å². The summed E-state index contributed by atoms with van der Waals surface area (Å²) in [6.07, 6.45) is 5.61. The van der Waals surface area contributed by atoms with Gasteiger partial charge in [-0.2, -0.15) is 0 Å². The van der Waals surface area contributed by atoms with E-state index in [4.69, 9.17) is 0 Å². The molecule has 0 aliphatic heterocycles. The maximum Gasteiger partial charge on any atom is 0.119 e. The average Bonchev–Trinajstić information content (AvgIpc) is 3.06. The molecule has 1 heterocycles. The first kappa shape index (κ1) is 15.6. The summed E-state index contributed by atoms with van der Waals surface area (Å²) in [5, 5.41) is 15.9. The van der Waals surface area contributed by atoms with Crippen LogP contribution >= 0.6 is 11.3 Å². The quantitative estimate of drug-likeness (QED) is 0.823. The molecule has 3 heteroatoms. The highest BCUT2D eigenvalue weighted by Crippen LogP contribution is 2.30. The molecule has 0 bridgehead atoms. The molecular formula is C19H25NOS. The maximum atomic E-state index is 9.94. The summed E-state index contributed by atoms with van der Waals surface area (Å²) in [5.74, 6) is 1.11. The Morgan fingerprint density at radius 3 is 3.00 bits per heavy atom. The number of hydrogen-bond donors (Lipinski definition) is 2. The molecule has 1 aromatic heterocycles. The van der Waals surface area contributed by atoms with Crippen molar-refractivity contribution in [1.82, 2.24) is 5.32 Å². The smallest absolute Gasteiger partial charge is 0.119 e. The molecule has 22 heavy (non-hydrogen) atoms. The van der Waals surface area contributed by atoms with Gasteiger partial charge in [0.15, 0.2) is 0 Å². The Kier molecular flexibility index (Phi) is 5.16. The number of nitrogens with one attached hydrogen (secondary N) is 1. The molecule has 2 aromatic rings. The number of thiophene rings is 1. The average molecular weight is 315 g/mol. The molecule has 2 N–H and O–H groups in total. The van der Waals surface area contributed by atoms with E-state index in [2.05, 4.69) is 35.8 Å². The van der Waals surface area contributed by atoms with Crippen LogP contribution in [0.4, 0.5) is 0 Å². The van der Waals surface area contributed by atoms with E-state index in [0.29, 0.717) is 17.7 Å². The molecule has 0 spiro atoms. The van der Waals surface area contributed by atoms with Gasteiger partial charge in [0.1, 0.15) is 5.75 Å². The third kappa shape index (κ3) is 3.53. The minimum absolute atomic E-state index is 0.471. The van der Waals surface area contributed by atoms with Crippen LogP contribution in [0.2, 0.25) is 0 Å². The van der Waals surface area contributed by atoms with Crippen molar-refractivity contribution in [3.05, 3.63) is 51.7 Å². The van der Waals surface area contributed by atoms with Crippen molar-refractivity contribution in [2.24, 2.45) is 0 Å². The first-order valence-corrected chi connectivity index (χ1v) is 9.22. The summed E-state index contributed by atoms with van der Waals surface area (Å²) in [4.78, 5) is 1.50. The van der Waals surface area contributed by atoms with Gasteiger partial charge in [-0.3, -0.25) is 0 Å². The van der Waals surface area contributed by atoms with Crippen molar-refractivity contribution >= 4 is 11.3 Å². The Hall–Kier alpha value is -1.32. The van der Waals surface area contributed by atoms with Gasteiger partial charge in [-0.25, -0.2) is 0 Å². The Labute approximate surface area is 137 Å². The maximum absolute atomic E-state index is 9.94. The molecule has 1 aliphatic rings. The van der Waals surface area contributed by atoms with Gasteiger partial charge in [-0.15, -0.1) is 11.3 Å². The van der Waals surface area contributed by atoms with Crippen LogP contribution in [0.3, 0.4) is 0 Å². The zero-order chi connectivity index (χ0) is 15.4. The minimum atomic E-state index is 0.471. The van der Waals surface area contributed by atoms with Crippen molar-refractivity contribution in [2.75, 3.05) is 6.54 Å². The SMILES string of the molecule is CCCC(CNC1CCc2c(O)cccc2C1)c1cccs1. The van der Waals surface area contributed by atoms with Gasteiger partial charge in [0.25, 0.3) is 0 Å². The van der Waals surface area contributed by atoms with Crippen LogP contribution in [-0.2, 0) is 12.8 Å². The molecule has 0 amide bonds. The summed E-state index contributed by atoms with van der Waals surface area (Å²) < 4.78 is 0. The zero-order valence-electron chi connectivity index (χ0n) is 13.2. The third-order valence-corrected chi connectivity index (χ3v) is 5.73. The molecule has 1 aromatic carbocycles. The second-order valence-electron chi connectivity index (χ2n) is 6.26. The monoisotopic (exact) mass is 315 g/mol. The zero-order valence-corrected chi connectivity index (χ0v) is 14.0. The minimum Gasteiger partial charge on any atom is -0.508 e. The number of fused-ring (bicyclic) bond motifs is 1. The number of rotatable bonds is 6. The lowest BCUT2D eigenvalue weighted by atomic mass is 9.87. The fourth-order valence-electron chi connectivity index (χ4n) is 3.49. The Morgan fingerprint density at radius 2 is 2.23 bits per heavy atom. The molecule has 0 fully saturated rings. The largest absolute Gasteiger partial charge is 0.508 e. The predicted molar refractivity (Wildman–Crippen MR) is 93.9 cm³/mol. The number of aromatic hydroxyl groups is 1. The molecule has 3 rings (SSSR count). The molecule has 0 saturated carbocycles. The van der Waals surface area contributed by atoms with Crippen LogP contribution in [0.25, 0.3) is 0 Å². The Bertz CT molecular complexity index is 593. The predicted octanol–water partition coefficient (Wildman–Crippen LogP) is 4.48. The summed E-state index contributed by atoms with van der Waals surface area (Å²) in [7, 11) is 0. The van der Waals surface area contributed by atoms with Crippen LogP contribution in [0.5, 0.6) is 5.75 Å². The number of benzene rings is 1. The van der Waals surface area contributed by atoms with Crippen LogP contribution in [0, 0.1) is 0 Å². The molecule has 2 nitrogen and oxygen atoms in total. The van der Waals surface area contributed by atoms with E-state index < -0.39 is 0 Å². The van der Waals surface area contributed by atoms with Gasteiger partial charge in [0.05, 0.1) is 0 Å². The van der Waals surface area contributed by atoms with E-state index in [1.165, 1.54) is 23.3 Å². The second-order valence-corrected chi connectivity index (χ2v) is 7.24. The second kappa shape index (κ2) is 7.30. The van der Waals surface area contributed by atoms with Crippen LogP contribution in [-0.4, -0.2) is 17.7 Å². The Morgan fingerprint density at radius 1 is 1.32 bits per heavy atom. The van der Waals surface area contributed by atoms with Gasteiger partial charge in [0.2, 0.25) is 0 Å². The van der Waals surface area contributed by atoms with Gasteiger partial charge in [-0.05, 0) is 54.3 Å². The van der Waals surface area contributed by atoms with E-state index in [-0.39, 0.29) is 0 Å². The lowest BCUT2D eigenvalue weighted by Gasteiger charge is -2.28. The van der Waals surface area contributed by atoms with Crippen molar-refractivity contribution in [3.8, 4) is 5.75 Å². The molecule has 0 saturated heterocycles. The van der Waals surface area contributed by atoms with E-state index >= 15 is 0 Å². The topological polar surface area (TPSA) is 32.3 Å². The number of phenolic OH excluding ortho intramolecular Hbond substituents is 1. The van der Waals surface area contributed by atoms with E-state index in [9.17, 15) is 5.11 Å². The Balaban J connectivity index is 1.60. The fraction of sp³-hybridized carbons (Fsp3) is 0.474. The highest BCUT2D eigenvalue weighted by Gasteiger charge is 2.21. The third-order valence-electron chi connectivity index (χ3n) is 4.69. The van der Waals surface area contributed by atoms with E-state index in [1.807, 2.05) is 17.4 Å². The van der Waals surface area contributed by atoms with Gasteiger partial charge < -0.3 is 10.4 Å². The summed E-state index contributed by atoms with van der Waals surface area (Å²) in [6.45, 7) is 3.33. The van der Waals surface area contributed by atoms with Crippen LogP contribution < -0.4 is 5.32 Å². The van der Waals surface area contributed by atoms with E-state index in [1.54, 1.807) is 6.07 Å². The van der Waals surface area contributed by atoms with Crippen molar-refractivity contribution in [3.63, 3.8) is 0 Å². The van der Waals surface area contributed by atoms with Crippen LogP contribution in [0.15, 0.2) is 35.7 Å². The molecular weight excluding hydrogens is 290 g/mol. The lowest BCUT2D eigenvalue weighted by molar-refractivity contribution is 0.416. The molecule has 2 atom stereocenters. The molecule has 2 unspecified atom stereocenters. The van der Waals surface area contributed by atoms with E-state index in [0.717, 1.165) is 31.4 Å². The molecule has 1 aliphatic carbocycles. The number of phenols is 1. The number of hydrogen-bond acceptors (Lipinski definition) is 3. The van der Waals surface area contributed by atoms with Crippen LogP contribution in [0.1, 0.15) is 48.1 Å². The fourth-order valence-corrected chi connectivity index (χ4v) is 4.35. The van der Waals surface area contributed by atoms with Crippen molar-refractivity contribution in [1.29, 1.82) is 0 Å². The first-order valence-electron chi connectivity index (χ1n) is 8.34.